The van der Waals surface area contributed by atoms with Crippen LogP contribution in [-0.4, -0.2) is 4.37 Å². The van der Waals surface area contributed by atoms with Crippen molar-refractivity contribution in [3.05, 3.63) is 30.0 Å². The van der Waals surface area contributed by atoms with E-state index >= 15 is 0 Å². The second-order valence-corrected chi connectivity index (χ2v) is 5.10. The molecule has 15 heavy (non-hydrogen) atoms. The molecule has 0 atom stereocenters. The lowest BCUT2D eigenvalue weighted by molar-refractivity contribution is 0.597. The summed E-state index contributed by atoms with van der Waals surface area (Å²) in [6, 6.07) is 6.42. The van der Waals surface area contributed by atoms with Crippen molar-refractivity contribution in [3.63, 3.8) is 0 Å². The van der Waals surface area contributed by atoms with E-state index in [1.54, 1.807) is 11.5 Å². The number of nitrogens with zero attached hydrogens (tertiary/aromatic N) is 1. The van der Waals surface area contributed by atoms with Gasteiger partial charge in [0.05, 0.1) is 4.70 Å². The first-order chi connectivity index (χ1) is 7.09. The summed E-state index contributed by atoms with van der Waals surface area (Å²) in [6.07, 6.45) is 1.94. The van der Waals surface area contributed by atoms with Gasteiger partial charge in [-0.1, -0.05) is 52.8 Å². The molecule has 0 bridgehead atoms. The fraction of sp³-hybridized carbons (Fsp3) is 0.462. The second kappa shape index (κ2) is 4.75. The van der Waals surface area contributed by atoms with Gasteiger partial charge in [-0.05, 0) is 22.5 Å². The van der Waals surface area contributed by atoms with Crippen molar-refractivity contribution in [3.8, 4) is 0 Å². The Morgan fingerprint density at radius 2 is 1.80 bits per heavy atom. The number of rotatable bonds is 0. The minimum Gasteiger partial charge on any atom is -0.200 e. The molecule has 0 saturated carbocycles. The van der Waals surface area contributed by atoms with E-state index in [-0.39, 0.29) is 5.41 Å². The average Bonchev–Trinajstić information content (AvgIpc) is 2.66. The third-order valence-electron chi connectivity index (χ3n) is 2.19. The van der Waals surface area contributed by atoms with Crippen LogP contribution < -0.4 is 0 Å². The number of benzene rings is 1. The predicted molar refractivity (Wildman–Crippen MR) is 69.7 cm³/mol. The standard InChI is InChI=1S/C11H13NS.C2H6/c1-11(2,3)9-6-4-5-8-7-12-13-10(8)9;1-2/h4-7H,1-3H3;1-2H3. The first kappa shape index (κ1) is 12.2. The summed E-state index contributed by atoms with van der Waals surface area (Å²) < 4.78 is 5.55. The second-order valence-electron chi connectivity index (χ2n) is 4.30. The van der Waals surface area contributed by atoms with Gasteiger partial charge in [0.25, 0.3) is 0 Å². The highest BCUT2D eigenvalue weighted by Crippen LogP contribution is 2.31. The summed E-state index contributed by atoms with van der Waals surface area (Å²) >= 11 is 1.59. The molecule has 1 nitrogen and oxygen atoms in total. The van der Waals surface area contributed by atoms with Crippen LogP contribution in [0.5, 0.6) is 0 Å². The Kier molecular flexibility index (Phi) is 3.86. The van der Waals surface area contributed by atoms with Crippen molar-refractivity contribution in [1.29, 1.82) is 0 Å². The van der Waals surface area contributed by atoms with Gasteiger partial charge in [-0.3, -0.25) is 0 Å². The van der Waals surface area contributed by atoms with Gasteiger partial charge in [0.15, 0.2) is 0 Å². The third-order valence-corrected chi connectivity index (χ3v) is 3.04. The predicted octanol–water partition coefficient (Wildman–Crippen LogP) is 4.62. The van der Waals surface area contributed by atoms with Crippen LogP contribution in [0.4, 0.5) is 0 Å². The number of aromatic nitrogens is 1. The van der Waals surface area contributed by atoms with E-state index in [2.05, 4.69) is 43.3 Å². The first-order valence-electron chi connectivity index (χ1n) is 5.43. The highest BCUT2D eigenvalue weighted by molar-refractivity contribution is 7.13. The number of hydrogen-bond donors (Lipinski definition) is 0. The van der Waals surface area contributed by atoms with Crippen LogP contribution in [0.1, 0.15) is 40.2 Å². The third kappa shape index (κ3) is 2.57. The molecular weight excluding hydrogens is 202 g/mol. The lowest BCUT2D eigenvalue weighted by Crippen LogP contribution is -2.10. The highest BCUT2D eigenvalue weighted by atomic mass is 32.1. The van der Waals surface area contributed by atoms with Crippen LogP contribution in [0.15, 0.2) is 24.4 Å². The van der Waals surface area contributed by atoms with Crippen molar-refractivity contribution in [2.75, 3.05) is 0 Å². The zero-order chi connectivity index (χ0) is 11.5. The summed E-state index contributed by atoms with van der Waals surface area (Å²) in [4.78, 5) is 0. The van der Waals surface area contributed by atoms with Crippen molar-refractivity contribution in [2.24, 2.45) is 0 Å². The SMILES string of the molecule is CC.CC(C)(C)c1cccc2cnsc12. The van der Waals surface area contributed by atoms with Crippen LogP contribution in [0, 0.1) is 0 Å². The average molecular weight is 221 g/mol. The highest BCUT2D eigenvalue weighted by Gasteiger charge is 2.17. The van der Waals surface area contributed by atoms with Gasteiger partial charge in [-0.25, -0.2) is 0 Å². The Morgan fingerprint density at radius 3 is 2.40 bits per heavy atom. The quantitative estimate of drug-likeness (QED) is 0.632. The van der Waals surface area contributed by atoms with Gasteiger partial charge in [0, 0.05) is 11.6 Å². The fourth-order valence-corrected chi connectivity index (χ4v) is 2.46. The van der Waals surface area contributed by atoms with E-state index in [0.29, 0.717) is 0 Å². The van der Waals surface area contributed by atoms with Gasteiger partial charge in [-0.2, -0.15) is 4.37 Å². The monoisotopic (exact) mass is 221 g/mol. The van der Waals surface area contributed by atoms with Crippen LogP contribution in [0.25, 0.3) is 10.1 Å². The Morgan fingerprint density at radius 1 is 1.13 bits per heavy atom. The molecule has 0 unspecified atom stereocenters. The number of hydrogen-bond acceptors (Lipinski definition) is 2. The molecule has 82 valence electrons. The molecule has 0 radical (unpaired) electrons. The lowest BCUT2D eigenvalue weighted by atomic mass is 9.86. The smallest absolute Gasteiger partial charge is 0.0587 e. The van der Waals surface area contributed by atoms with Crippen molar-refractivity contribution in [2.45, 2.75) is 40.0 Å². The van der Waals surface area contributed by atoms with Crippen LogP contribution in [-0.2, 0) is 5.41 Å². The van der Waals surface area contributed by atoms with Gasteiger partial charge < -0.3 is 0 Å². The molecule has 0 aliphatic carbocycles. The first-order valence-corrected chi connectivity index (χ1v) is 6.20. The van der Waals surface area contributed by atoms with E-state index in [1.807, 2.05) is 20.0 Å². The van der Waals surface area contributed by atoms with E-state index in [1.165, 1.54) is 15.6 Å². The zero-order valence-corrected chi connectivity index (χ0v) is 11.0. The minimum atomic E-state index is 0.214. The summed E-state index contributed by atoms with van der Waals surface area (Å²) in [7, 11) is 0. The van der Waals surface area contributed by atoms with Gasteiger partial charge in [-0.15, -0.1) is 0 Å². The maximum absolute atomic E-state index is 4.22. The molecule has 0 saturated heterocycles. The van der Waals surface area contributed by atoms with Crippen molar-refractivity contribution < 1.29 is 0 Å². The molecular formula is C13H19NS. The molecule has 0 amide bonds. The largest absolute Gasteiger partial charge is 0.200 e. The Bertz CT molecular complexity index is 423. The Hall–Kier alpha value is -0.890. The molecule has 2 rings (SSSR count). The molecule has 1 heterocycles. The van der Waals surface area contributed by atoms with Gasteiger partial charge >= 0.3 is 0 Å². The van der Waals surface area contributed by atoms with E-state index in [4.69, 9.17) is 0 Å². The maximum atomic E-state index is 4.22. The normalized spacial score (nSPS) is 11.0. The molecule has 2 aromatic rings. The fourth-order valence-electron chi connectivity index (χ4n) is 1.48. The lowest BCUT2D eigenvalue weighted by Gasteiger charge is -2.19. The maximum Gasteiger partial charge on any atom is 0.0587 e. The summed E-state index contributed by atoms with van der Waals surface area (Å²) in [5, 5.41) is 1.26. The molecule has 2 heteroatoms. The molecule has 1 aromatic carbocycles. The van der Waals surface area contributed by atoms with Crippen LogP contribution in [0.3, 0.4) is 0 Å². The molecule has 0 aliphatic heterocycles. The summed E-state index contributed by atoms with van der Waals surface area (Å²) in [5.41, 5.74) is 1.61. The van der Waals surface area contributed by atoms with Crippen LogP contribution in [0.2, 0.25) is 0 Å². The molecule has 1 aromatic heterocycles. The van der Waals surface area contributed by atoms with E-state index in [9.17, 15) is 0 Å². The molecule has 0 fully saturated rings. The molecule has 0 aliphatic rings. The van der Waals surface area contributed by atoms with E-state index in [0.717, 1.165) is 0 Å². The molecule has 0 spiro atoms. The molecule has 0 N–H and O–H groups in total. The Balaban J connectivity index is 0.000000531. The van der Waals surface area contributed by atoms with Gasteiger partial charge in [0.2, 0.25) is 0 Å². The van der Waals surface area contributed by atoms with Gasteiger partial charge in [0.1, 0.15) is 0 Å². The van der Waals surface area contributed by atoms with Crippen molar-refractivity contribution >= 4 is 21.6 Å². The topological polar surface area (TPSA) is 12.9 Å². The minimum absolute atomic E-state index is 0.214. The van der Waals surface area contributed by atoms with E-state index < -0.39 is 0 Å². The Labute approximate surface area is 96.3 Å². The number of fused-ring (bicyclic) bond motifs is 1. The zero-order valence-electron chi connectivity index (χ0n) is 10.2. The summed E-state index contributed by atoms with van der Waals surface area (Å²) in [5.74, 6) is 0. The summed E-state index contributed by atoms with van der Waals surface area (Å²) in [6.45, 7) is 10.7. The van der Waals surface area contributed by atoms with Crippen LogP contribution >= 0.6 is 11.5 Å². The van der Waals surface area contributed by atoms with Crippen molar-refractivity contribution in [1.82, 2.24) is 4.37 Å².